The number of unbranched alkanes of at least 4 members (excludes halogenated alkanes) is 39. The summed E-state index contributed by atoms with van der Waals surface area (Å²) in [6.45, 7) is 4.06. The van der Waals surface area contributed by atoms with Gasteiger partial charge in [0, 0.05) is 0 Å². The minimum absolute atomic E-state index is 0.364. The van der Waals surface area contributed by atoms with Crippen molar-refractivity contribution in [3.8, 4) is 0 Å². The first-order chi connectivity index (χ1) is 32.5. The summed E-state index contributed by atoms with van der Waals surface area (Å²) < 4.78 is 0. The Kier molecular flexibility index (Phi) is 53.3. The third-order valence-corrected chi connectivity index (χ3v) is 13.8. The lowest BCUT2D eigenvalue weighted by atomic mass is 10.00. The fraction of sp³-hybridized carbons (Fsp3) is 0.883. The molecule has 0 saturated carbocycles. The van der Waals surface area contributed by atoms with Crippen LogP contribution in [-0.4, -0.2) is 57.3 Å². The summed E-state index contributed by atoms with van der Waals surface area (Å²) in [6, 6.07) is -1.00. The van der Waals surface area contributed by atoms with Crippen LogP contribution in [0.2, 0.25) is 0 Å². The van der Waals surface area contributed by atoms with Crippen LogP contribution < -0.4 is 5.32 Å². The molecule has 0 bridgehead atoms. The molecule has 0 aromatic rings. The van der Waals surface area contributed by atoms with E-state index in [9.17, 15) is 25.2 Å². The summed E-state index contributed by atoms with van der Waals surface area (Å²) in [4.78, 5) is 12.6. The van der Waals surface area contributed by atoms with Crippen molar-refractivity contribution in [1.82, 2.24) is 5.32 Å². The van der Waals surface area contributed by atoms with Gasteiger partial charge in [-0.25, -0.2) is 0 Å². The minimum atomic E-state index is -1.28. The van der Waals surface area contributed by atoms with E-state index in [0.29, 0.717) is 12.8 Å². The molecule has 0 fully saturated rings. The number of aliphatic hydroxyl groups excluding tert-OH is 4. The highest BCUT2D eigenvalue weighted by Gasteiger charge is 2.28. The van der Waals surface area contributed by atoms with Crippen LogP contribution in [-0.2, 0) is 4.79 Å². The van der Waals surface area contributed by atoms with Crippen LogP contribution in [0.1, 0.15) is 309 Å². The summed E-state index contributed by atoms with van der Waals surface area (Å²) >= 11 is 0. The van der Waals surface area contributed by atoms with Gasteiger partial charge in [0.15, 0.2) is 0 Å². The van der Waals surface area contributed by atoms with Gasteiger partial charge in [0.05, 0.1) is 18.8 Å². The zero-order chi connectivity index (χ0) is 48.1. The van der Waals surface area contributed by atoms with E-state index in [4.69, 9.17) is 0 Å². The molecule has 0 saturated heterocycles. The van der Waals surface area contributed by atoms with Gasteiger partial charge in [0.2, 0.25) is 5.91 Å². The number of allylic oxidation sites excluding steroid dienone is 6. The Bertz CT molecular complexity index is 1040. The first-order valence-electron chi connectivity index (χ1n) is 29.4. The molecule has 66 heavy (non-hydrogen) atoms. The maximum Gasteiger partial charge on any atom is 0.249 e. The van der Waals surface area contributed by atoms with Crippen molar-refractivity contribution < 1.29 is 25.2 Å². The van der Waals surface area contributed by atoms with Gasteiger partial charge in [0.25, 0.3) is 0 Å². The number of carbonyl (C=O) groups is 1. The van der Waals surface area contributed by atoms with Crippen molar-refractivity contribution in [2.75, 3.05) is 6.61 Å². The van der Waals surface area contributed by atoms with Crippen molar-refractivity contribution in [3.05, 3.63) is 36.5 Å². The fourth-order valence-corrected chi connectivity index (χ4v) is 9.20. The van der Waals surface area contributed by atoms with Crippen LogP contribution in [0.4, 0.5) is 0 Å². The average Bonchev–Trinajstić information content (AvgIpc) is 3.32. The molecule has 4 unspecified atom stereocenters. The number of rotatable bonds is 54. The maximum atomic E-state index is 12.6. The normalized spacial score (nSPS) is 14.0. The predicted molar refractivity (Wildman–Crippen MR) is 288 cm³/mol. The molecule has 0 aliphatic carbocycles. The fourth-order valence-electron chi connectivity index (χ4n) is 9.20. The lowest BCUT2D eigenvalue weighted by molar-refractivity contribution is -0.132. The van der Waals surface area contributed by atoms with E-state index >= 15 is 0 Å². The number of aliphatic hydroxyl groups is 4. The van der Waals surface area contributed by atoms with Crippen molar-refractivity contribution in [1.29, 1.82) is 0 Å². The summed E-state index contributed by atoms with van der Waals surface area (Å²) in [5.41, 5.74) is 0. The summed E-state index contributed by atoms with van der Waals surface area (Å²) in [7, 11) is 0. The van der Waals surface area contributed by atoms with Crippen LogP contribution >= 0.6 is 0 Å². The predicted octanol–water partition coefficient (Wildman–Crippen LogP) is 17.2. The van der Waals surface area contributed by atoms with E-state index in [1.54, 1.807) is 0 Å². The van der Waals surface area contributed by atoms with Crippen LogP contribution in [0.25, 0.3) is 0 Å². The van der Waals surface area contributed by atoms with E-state index < -0.39 is 36.9 Å². The lowest BCUT2D eigenvalue weighted by Crippen LogP contribution is -2.53. The average molecular weight is 931 g/mol. The van der Waals surface area contributed by atoms with Crippen molar-refractivity contribution in [2.24, 2.45) is 0 Å². The topological polar surface area (TPSA) is 110 Å². The summed E-state index contributed by atoms with van der Waals surface area (Å²) in [5, 5.41) is 43.8. The Hall–Kier alpha value is -1.47. The first kappa shape index (κ1) is 64.5. The van der Waals surface area contributed by atoms with Crippen LogP contribution in [0.15, 0.2) is 36.5 Å². The number of nitrogens with one attached hydrogen (secondary N) is 1. The molecular formula is C60H115NO5. The molecule has 0 aromatic heterocycles. The van der Waals surface area contributed by atoms with E-state index in [1.807, 2.05) is 0 Å². The monoisotopic (exact) mass is 930 g/mol. The second-order valence-corrected chi connectivity index (χ2v) is 20.3. The van der Waals surface area contributed by atoms with Gasteiger partial charge in [-0.05, 0) is 70.6 Å². The van der Waals surface area contributed by atoms with Gasteiger partial charge in [-0.3, -0.25) is 4.79 Å². The van der Waals surface area contributed by atoms with Crippen molar-refractivity contribution in [3.63, 3.8) is 0 Å². The molecule has 0 heterocycles. The molecule has 0 aliphatic heterocycles. The lowest BCUT2D eigenvalue weighted by Gasteiger charge is -2.27. The van der Waals surface area contributed by atoms with Gasteiger partial charge in [0.1, 0.15) is 12.2 Å². The van der Waals surface area contributed by atoms with E-state index in [2.05, 4.69) is 55.6 Å². The molecule has 6 heteroatoms. The molecule has 0 rings (SSSR count). The Morgan fingerprint density at radius 2 is 0.667 bits per heavy atom. The van der Waals surface area contributed by atoms with Gasteiger partial charge in [-0.2, -0.15) is 0 Å². The smallest absolute Gasteiger partial charge is 0.249 e. The standard InChI is InChI=1S/C60H115NO5/c1-3-5-7-9-11-13-15-17-19-20-21-22-23-24-25-26-27-28-29-30-31-32-33-34-35-36-37-38-39-40-42-44-46-48-50-52-54-58(64)60(66)61-56(55-62)59(65)57(63)53-51-49-47-45-43-41-18-16-14-12-10-8-6-4-2/h25-26,28-29,45,47,56-59,62-65H,3-24,27,30-44,46,48-55H2,1-2H3,(H,61,66)/b26-25-,29-28-,47-45+. The summed E-state index contributed by atoms with van der Waals surface area (Å²) in [6.07, 6.45) is 68.1. The maximum absolute atomic E-state index is 12.6. The summed E-state index contributed by atoms with van der Waals surface area (Å²) in [5.74, 6) is -0.591. The highest BCUT2D eigenvalue weighted by molar-refractivity contribution is 5.80. The molecule has 390 valence electrons. The molecule has 1 amide bonds. The van der Waals surface area contributed by atoms with E-state index in [1.165, 1.54) is 238 Å². The molecule has 4 atom stereocenters. The second kappa shape index (κ2) is 54.5. The zero-order valence-electron chi connectivity index (χ0n) is 44.2. The Balaban J connectivity index is 3.56. The molecule has 5 N–H and O–H groups in total. The van der Waals surface area contributed by atoms with Gasteiger partial charge in [-0.1, -0.05) is 275 Å². The Morgan fingerprint density at radius 3 is 1.00 bits per heavy atom. The molecule has 0 radical (unpaired) electrons. The number of amides is 1. The zero-order valence-corrected chi connectivity index (χ0v) is 44.2. The minimum Gasteiger partial charge on any atom is -0.394 e. The largest absolute Gasteiger partial charge is 0.394 e. The van der Waals surface area contributed by atoms with Crippen LogP contribution in [0.5, 0.6) is 0 Å². The second-order valence-electron chi connectivity index (χ2n) is 20.3. The molecule has 0 aliphatic rings. The highest BCUT2D eigenvalue weighted by Crippen LogP contribution is 2.17. The number of hydrogen-bond donors (Lipinski definition) is 5. The Morgan fingerprint density at radius 1 is 0.379 bits per heavy atom. The van der Waals surface area contributed by atoms with Crippen molar-refractivity contribution in [2.45, 2.75) is 334 Å². The molecular weight excluding hydrogens is 815 g/mol. The number of hydrogen-bond acceptors (Lipinski definition) is 5. The molecule has 0 aromatic carbocycles. The number of carbonyl (C=O) groups excluding carboxylic acids is 1. The van der Waals surface area contributed by atoms with Crippen LogP contribution in [0, 0.1) is 0 Å². The van der Waals surface area contributed by atoms with Crippen molar-refractivity contribution >= 4 is 5.91 Å². The Labute approximate surface area is 411 Å². The third kappa shape index (κ3) is 47.6. The van der Waals surface area contributed by atoms with Gasteiger partial charge >= 0.3 is 0 Å². The molecule has 6 nitrogen and oxygen atoms in total. The van der Waals surface area contributed by atoms with Gasteiger partial charge < -0.3 is 25.7 Å². The SMILES string of the molecule is CCCCCCCCCCC/C=C/CCCC(O)C(O)C(CO)NC(=O)C(O)CCCCCCCCCCCCCCCCCC/C=C\C/C=C\CCCCCCCCCCCCCCC. The van der Waals surface area contributed by atoms with Gasteiger partial charge in [-0.15, -0.1) is 0 Å². The third-order valence-electron chi connectivity index (χ3n) is 13.8. The quantitative estimate of drug-likeness (QED) is 0.0308. The first-order valence-corrected chi connectivity index (χ1v) is 29.4. The molecule has 0 spiro atoms. The van der Waals surface area contributed by atoms with E-state index in [0.717, 1.165) is 44.9 Å². The van der Waals surface area contributed by atoms with Crippen LogP contribution in [0.3, 0.4) is 0 Å². The van der Waals surface area contributed by atoms with E-state index in [-0.39, 0.29) is 0 Å². The highest BCUT2D eigenvalue weighted by atomic mass is 16.3.